The first-order valence-corrected chi connectivity index (χ1v) is 11.3. The maximum atomic E-state index is 12.0. The second kappa shape index (κ2) is 8.69. The number of nitrogens with one attached hydrogen (secondary N) is 1. The molecule has 0 saturated carbocycles. The summed E-state index contributed by atoms with van der Waals surface area (Å²) in [5.74, 6) is -0.807. The summed E-state index contributed by atoms with van der Waals surface area (Å²) in [4.78, 5) is 10.7. The Morgan fingerprint density at radius 1 is 0.903 bits per heavy atom. The second-order valence-electron chi connectivity index (χ2n) is 7.09. The van der Waals surface area contributed by atoms with Gasteiger partial charge in [0, 0.05) is 12.2 Å². The number of rotatable bonds is 7. The largest absolute Gasteiger partial charge is 0.486 e. The fraction of sp³-hybridized carbons (Fsp3) is 0.174. The van der Waals surface area contributed by atoms with E-state index in [2.05, 4.69) is 11.4 Å². The number of carboxylic acids is 1. The van der Waals surface area contributed by atoms with E-state index in [0.29, 0.717) is 19.8 Å². The smallest absolute Gasteiger partial charge is 0.319 e. The molecular weight excluding hydrogens is 418 g/mol. The molecule has 2 N–H and O–H groups in total. The summed E-state index contributed by atoms with van der Waals surface area (Å²) in [5.41, 5.74) is 3.86. The third-order valence-corrected chi connectivity index (χ3v) is 6.44. The first kappa shape index (κ1) is 20.7. The number of fused-ring (bicyclic) bond motifs is 1. The van der Waals surface area contributed by atoms with Crippen molar-refractivity contribution in [1.82, 2.24) is 0 Å². The summed E-state index contributed by atoms with van der Waals surface area (Å²) in [6.45, 7) is 1.64. The van der Waals surface area contributed by atoms with E-state index in [-0.39, 0.29) is 4.90 Å². The fourth-order valence-electron chi connectivity index (χ4n) is 3.31. The van der Waals surface area contributed by atoms with Crippen LogP contribution in [0.4, 0.5) is 5.69 Å². The Labute approximate surface area is 180 Å². The van der Waals surface area contributed by atoms with Gasteiger partial charge >= 0.3 is 5.97 Å². The lowest BCUT2D eigenvalue weighted by molar-refractivity contribution is -0.134. The summed E-state index contributed by atoms with van der Waals surface area (Å²) in [5, 5.41) is 12.0. The van der Waals surface area contributed by atoms with Gasteiger partial charge in [0.1, 0.15) is 13.2 Å². The van der Waals surface area contributed by atoms with E-state index in [4.69, 9.17) is 14.6 Å². The number of anilines is 1. The van der Waals surface area contributed by atoms with E-state index in [1.807, 2.05) is 36.4 Å². The van der Waals surface area contributed by atoms with Crippen LogP contribution in [-0.2, 0) is 21.2 Å². The standard InChI is InChI=1S/C23H21NO6S/c25-23(26)15-31(27,28)20-7-5-19(6-8-20)24-14-16-2-1-3-17(12-16)18-4-9-21-22(13-18)30-11-10-29-21/h1-9,12-13,24H,10-11,14-15H2,(H,25,26). The van der Waals surface area contributed by atoms with Crippen molar-refractivity contribution in [3.63, 3.8) is 0 Å². The Morgan fingerprint density at radius 3 is 2.35 bits per heavy atom. The molecule has 0 spiro atoms. The zero-order chi connectivity index (χ0) is 21.8. The predicted molar refractivity (Wildman–Crippen MR) is 116 cm³/mol. The number of hydrogen-bond donors (Lipinski definition) is 2. The molecule has 3 aromatic carbocycles. The lowest BCUT2D eigenvalue weighted by atomic mass is 10.0. The predicted octanol–water partition coefficient (Wildman–Crippen LogP) is 3.60. The topological polar surface area (TPSA) is 102 Å². The van der Waals surface area contributed by atoms with Crippen molar-refractivity contribution in [3.05, 3.63) is 72.3 Å². The molecule has 1 aliphatic rings. The first-order valence-electron chi connectivity index (χ1n) is 9.68. The molecule has 4 rings (SSSR count). The van der Waals surface area contributed by atoms with Crippen LogP contribution in [0.2, 0.25) is 0 Å². The highest BCUT2D eigenvalue weighted by Gasteiger charge is 2.18. The molecular formula is C23H21NO6S. The van der Waals surface area contributed by atoms with Gasteiger partial charge in [-0.05, 0) is 59.2 Å². The van der Waals surface area contributed by atoms with Gasteiger partial charge < -0.3 is 19.9 Å². The molecule has 8 heteroatoms. The third-order valence-electron chi connectivity index (χ3n) is 4.83. The van der Waals surface area contributed by atoms with Gasteiger partial charge in [-0.25, -0.2) is 8.42 Å². The van der Waals surface area contributed by atoms with Gasteiger partial charge in [-0.3, -0.25) is 4.79 Å². The van der Waals surface area contributed by atoms with Gasteiger partial charge in [0.15, 0.2) is 27.1 Å². The van der Waals surface area contributed by atoms with Crippen LogP contribution >= 0.6 is 0 Å². The van der Waals surface area contributed by atoms with Crippen molar-refractivity contribution in [2.45, 2.75) is 11.4 Å². The lowest BCUT2D eigenvalue weighted by Gasteiger charge is -2.19. The van der Waals surface area contributed by atoms with E-state index >= 15 is 0 Å². The highest BCUT2D eigenvalue weighted by atomic mass is 32.2. The average molecular weight is 439 g/mol. The van der Waals surface area contributed by atoms with E-state index < -0.39 is 21.6 Å². The highest BCUT2D eigenvalue weighted by Crippen LogP contribution is 2.34. The molecule has 31 heavy (non-hydrogen) atoms. The van der Waals surface area contributed by atoms with Crippen molar-refractivity contribution < 1.29 is 27.8 Å². The number of benzene rings is 3. The molecule has 0 bridgehead atoms. The number of ether oxygens (including phenoxy) is 2. The van der Waals surface area contributed by atoms with Gasteiger partial charge in [-0.1, -0.05) is 24.3 Å². The maximum Gasteiger partial charge on any atom is 0.319 e. The fourth-order valence-corrected chi connectivity index (χ4v) is 4.36. The van der Waals surface area contributed by atoms with Crippen LogP contribution in [0.25, 0.3) is 11.1 Å². The van der Waals surface area contributed by atoms with Gasteiger partial charge in [-0.15, -0.1) is 0 Å². The van der Waals surface area contributed by atoms with E-state index in [1.54, 1.807) is 12.1 Å². The summed E-state index contributed by atoms with van der Waals surface area (Å²) in [6.07, 6.45) is 0. The zero-order valence-electron chi connectivity index (χ0n) is 16.6. The van der Waals surface area contributed by atoms with Crippen LogP contribution in [0.15, 0.2) is 71.6 Å². The van der Waals surface area contributed by atoms with Crippen molar-refractivity contribution in [3.8, 4) is 22.6 Å². The Morgan fingerprint density at radius 2 is 1.61 bits per heavy atom. The Hall–Kier alpha value is -3.52. The molecule has 0 atom stereocenters. The molecule has 0 aliphatic carbocycles. The normalized spacial score (nSPS) is 12.9. The Kier molecular flexibility index (Phi) is 5.81. The molecule has 0 fully saturated rings. The van der Waals surface area contributed by atoms with Crippen molar-refractivity contribution in [1.29, 1.82) is 0 Å². The SMILES string of the molecule is O=C(O)CS(=O)(=O)c1ccc(NCc2cccc(-c3ccc4c(c3)OCCO4)c2)cc1. The molecule has 3 aromatic rings. The van der Waals surface area contributed by atoms with Gasteiger partial charge in [0.05, 0.1) is 4.90 Å². The number of hydrogen-bond acceptors (Lipinski definition) is 6. The molecule has 1 heterocycles. The minimum Gasteiger partial charge on any atom is -0.486 e. The maximum absolute atomic E-state index is 12.0. The molecule has 0 radical (unpaired) electrons. The Bertz CT molecular complexity index is 1200. The second-order valence-corrected chi connectivity index (χ2v) is 9.08. The van der Waals surface area contributed by atoms with Gasteiger partial charge in [0.2, 0.25) is 0 Å². The molecule has 7 nitrogen and oxygen atoms in total. The number of aliphatic carboxylic acids is 1. The minimum atomic E-state index is -3.83. The Balaban J connectivity index is 1.45. The highest BCUT2D eigenvalue weighted by molar-refractivity contribution is 7.92. The first-order chi connectivity index (χ1) is 14.9. The number of carboxylic acid groups (broad SMARTS) is 1. The minimum absolute atomic E-state index is 0.0129. The van der Waals surface area contributed by atoms with Crippen LogP contribution in [0, 0.1) is 0 Å². The van der Waals surface area contributed by atoms with E-state index in [0.717, 1.165) is 33.9 Å². The van der Waals surface area contributed by atoms with Crippen LogP contribution in [-0.4, -0.2) is 38.5 Å². The molecule has 0 saturated heterocycles. The summed E-state index contributed by atoms with van der Waals surface area (Å²) >= 11 is 0. The lowest BCUT2D eigenvalue weighted by Crippen LogP contribution is -2.15. The van der Waals surface area contributed by atoms with Crippen LogP contribution in [0.3, 0.4) is 0 Å². The third kappa shape index (κ3) is 4.97. The number of sulfone groups is 1. The molecule has 160 valence electrons. The van der Waals surface area contributed by atoms with Crippen molar-refractivity contribution in [2.24, 2.45) is 0 Å². The van der Waals surface area contributed by atoms with Crippen LogP contribution in [0.1, 0.15) is 5.56 Å². The van der Waals surface area contributed by atoms with E-state index in [9.17, 15) is 13.2 Å². The van der Waals surface area contributed by atoms with E-state index in [1.165, 1.54) is 12.1 Å². The quantitative estimate of drug-likeness (QED) is 0.580. The van der Waals surface area contributed by atoms with Crippen molar-refractivity contribution >= 4 is 21.5 Å². The molecule has 1 aliphatic heterocycles. The van der Waals surface area contributed by atoms with Crippen molar-refractivity contribution in [2.75, 3.05) is 24.3 Å². The van der Waals surface area contributed by atoms with Crippen LogP contribution in [0.5, 0.6) is 11.5 Å². The van der Waals surface area contributed by atoms with Crippen LogP contribution < -0.4 is 14.8 Å². The van der Waals surface area contributed by atoms with Gasteiger partial charge in [0.25, 0.3) is 0 Å². The monoisotopic (exact) mass is 439 g/mol. The molecule has 0 amide bonds. The molecule has 0 unspecified atom stereocenters. The molecule has 0 aromatic heterocycles. The zero-order valence-corrected chi connectivity index (χ0v) is 17.4. The summed E-state index contributed by atoms with van der Waals surface area (Å²) < 4.78 is 35.2. The van der Waals surface area contributed by atoms with Gasteiger partial charge in [-0.2, -0.15) is 0 Å². The number of carbonyl (C=O) groups is 1. The summed E-state index contributed by atoms with van der Waals surface area (Å²) in [7, 11) is -3.83. The summed E-state index contributed by atoms with van der Waals surface area (Å²) in [6, 6.07) is 20.0. The average Bonchev–Trinajstić information content (AvgIpc) is 2.77.